The molecule has 1 fully saturated rings. The minimum Gasteiger partial charge on any atom is -0.478 e. The topological polar surface area (TPSA) is 57.5 Å². The molecule has 0 radical (unpaired) electrons. The van der Waals surface area contributed by atoms with E-state index in [0.29, 0.717) is 5.56 Å². The SMILES string of the molecule is Cc1ccc(SC2CCCCC2O)cc1C(=O)O. The van der Waals surface area contributed by atoms with Crippen molar-refractivity contribution in [2.45, 2.75) is 48.9 Å². The number of carboxylic acids is 1. The molecule has 2 unspecified atom stereocenters. The average Bonchev–Trinajstić information content (AvgIpc) is 2.34. The number of carbonyl (C=O) groups is 1. The monoisotopic (exact) mass is 266 g/mol. The zero-order valence-electron chi connectivity index (χ0n) is 10.4. The van der Waals surface area contributed by atoms with Crippen LogP contribution in [0.2, 0.25) is 0 Å². The van der Waals surface area contributed by atoms with Crippen LogP contribution in [0, 0.1) is 6.92 Å². The van der Waals surface area contributed by atoms with Crippen LogP contribution in [-0.2, 0) is 0 Å². The molecule has 2 rings (SSSR count). The van der Waals surface area contributed by atoms with Gasteiger partial charge >= 0.3 is 5.97 Å². The van der Waals surface area contributed by atoms with Crippen LogP contribution in [0.1, 0.15) is 41.6 Å². The van der Waals surface area contributed by atoms with Crippen molar-refractivity contribution in [3.63, 3.8) is 0 Å². The summed E-state index contributed by atoms with van der Waals surface area (Å²) in [7, 11) is 0. The highest BCUT2D eigenvalue weighted by molar-refractivity contribution is 8.00. The molecule has 0 bridgehead atoms. The van der Waals surface area contributed by atoms with Gasteiger partial charge in [0.15, 0.2) is 0 Å². The molecule has 1 aromatic rings. The molecule has 18 heavy (non-hydrogen) atoms. The van der Waals surface area contributed by atoms with Gasteiger partial charge < -0.3 is 10.2 Å². The van der Waals surface area contributed by atoms with Crippen LogP contribution in [-0.4, -0.2) is 27.5 Å². The predicted octanol–water partition coefficient (Wildman–Crippen LogP) is 3.09. The van der Waals surface area contributed by atoms with Gasteiger partial charge in [0.25, 0.3) is 0 Å². The maximum Gasteiger partial charge on any atom is 0.335 e. The summed E-state index contributed by atoms with van der Waals surface area (Å²) in [6.45, 7) is 1.80. The Morgan fingerprint density at radius 3 is 2.72 bits per heavy atom. The van der Waals surface area contributed by atoms with Gasteiger partial charge in [0.05, 0.1) is 11.7 Å². The summed E-state index contributed by atoms with van der Waals surface area (Å²) >= 11 is 1.60. The Morgan fingerprint density at radius 2 is 2.06 bits per heavy atom. The van der Waals surface area contributed by atoms with Gasteiger partial charge in [-0.2, -0.15) is 0 Å². The highest BCUT2D eigenvalue weighted by Gasteiger charge is 2.24. The van der Waals surface area contributed by atoms with E-state index in [4.69, 9.17) is 5.11 Å². The van der Waals surface area contributed by atoms with Crippen molar-refractivity contribution in [1.29, 1.82) is 0 Å². The summed E-state index contributed by atoms with van der Waals surface area (Å²) in [5.41, 5.74) is 1.13. The zero-order chi connectivity index (χ0) is 13.1. The van der Waals surface area contributed by atoms with E-state index in [1.54, 1.807) is 24.8 Å². The molecular formula is C14H18O3S. The normalized spacial score (nSPS) is 23.9. The first-order valence-corrected chi connectivity index (χ1v) is 7.14. The second-order valence-electron chi connectivity index (χ2n) is 4.79. The van der Waals surface area contributed by atoms with Crippen molar-refractivity contribution in [3.8, 4) is 0 Å². The fourth-order valence-corrected chi connectivity index (χ4v) is 3.55. The summed E-state index contributed by atoms with van der Waals surface area (Å²) in [6.07, 6.45) is 3.83. The Kier molecular flexibility index (Phi) is 4.30. The molecule has 1 aliphatic carbocycles. The molecule has 1 aromatic carbocycles. The van der Waals surface area contributed by atoms with E-state index in [2.05, 4.69) is 0 Å². The molecule has 0 aliphatic heterocycles. The summed E-state index contributed by atoms with van der Waals surface area (Å²) in [5.74, 6) is -0.890. The largest absolute Gasteiger partial charge is 0.478 e. The summed E-state index contributed by atoms with van der Waals surface area (Å²) in [6, 6.07) is 5.48. The molecule has 0 heterocycles. The quantitative estimate of drug-likeness (QED) is 0.882. The van der Waals surface area contributed by atoms with E-state index in [1.165, 1.54) is 0 Å². The minimum absolute atomic E-state index is 0.197. The second-order valence-corrected chi connectivity index (χ2v) is 6.10. The molecule has 4 heteroatoms. The number of carboxylic acid groups (broad SMARTS) is 1. The molecule has 0 saturated heterocycles. The lowest BCUT2D eigenvalue weighted by Crippen LogP contribution is -2.26. The van der Waals surface area contributed by atoms with Crippen molar-refractivity contribution in [2.75, 3.05) is 0 Å². The van der Waals surface area contributed by atoms with E-state index < -0.39 is 5.97 Å². The van der Waals surface area contributed by atoms with Gasteiger partial charge in [-0.05, 0) is 37.5 Å². The molecule has 0 spiro atoms. The van der Waals surface area contributed by atoms with Crippen LogP contribution in [0.3, 0.4) is 0 Å². The average molecular weight is 266 g/mol. The highest BCUT2D eigenvalue weighted by Crippen LogP contribution is 2.34. The number of hydrogen-bond donors (Lipinski definition) is 2. The second kappa shape index (κ2) is 5.76. The van der Waals surface area contributed by atoms with Gasteiger partial charge in [-0.15, -0.1) is 11.8 Å². The third kappa shape index (κ3) is 3.06. The first kappa shape index (κ1) is 13.4. The van der Waals surface area contributed by atoms with Gasteiger partial charge in [-0.1, -0.05) is 18.9 Å². The number of rotatable bonds is 3. The molecule has 2 N–H and O–H groups in total. The number of aliphatic hydroxyl groups is 1. The molecule has 0 amide bonds. The lowest BCUT2D eigenvalue weighted by molar-refractivity contribution is 0.0696. The minimum atomic E-state index is -0.890. The zero-order valence-corrected chi connectivity index (χ0v) is 11.2. The van der Waals surface area contributed by atoms with Crippen LogP contribution in [0.25, 0.3) is 0 Å². The van der Waals surface area contributed by atoms with Crippen LogP contribution >= 0.6 is 11.8 Å². The van der Waals surface area contributed by atoms with Crippen molar-refractivity contribution in [3.05, 3.63) is 29.3 Å². The number of aromatic carboxylic acids is 1. The Bertz CT molecular complexity index is 445. The van der Waals surface area contributed by atoms with Gasteiger partial charge in [-0.25, -0.2) is 4.79 Å². The third-order valence-electron chi connectivity index (χ3n) is 3.39. The van der Waals surface area contributed by atoms with E-state index in [9.17, 15) is 9.90 Å². The molecular weight excluding hydrogens is 248 g/mol. The number of thioether (sulfide) groups is 1. The van der Waals surface area contributed by atoms with E-state index in [-0.39, 0.29) is 11.4 Å². The fourth-order valence-electron chi connectivity index (χ4n) is 2.29. The maximum absolute atomic E-state index is 11.1. The van der Waals surface area contributed by atoms with Crippen molar-refractivity contribution >= 4 is 17.7 Å². The number of aryl methyl sites for hydroxylation is 1. The molecule has 2 atom stereocenters. The summed E-state index contributed by atoms with van der Waals surface area (Å²) in [4.78, 5) is 12.0. The van der Waals surface area contributed by atoms with E-state index in [1.807, 2.05) is 12.1 Å². The van der Waals surface area contributed by atoms with Crippen LogP contribution in [0.4, 0.5) is 0 Å². The molecule has 3 nitrogen and oxygen atoms in total. The lowest BCUT2D eigenvalue weighted by atomic mass is 9.97. The van der Waals surface area contributed by atoms with Crippen LogP contribution in [0.15, 0.2) is 23.1 Å². The highest BCUT2D eigenvalue weighted by atomic mass is 32.2. The van der Waals surface area contributed by atoms with E-state index in [0.717, 1.165) is 36.1 Å². The first-order valence-electron chi connectivity index (χ1n) is 6.26. The first-order chi connectivity index (χ1) is 8.58. The third-order valence-corrected chi connectivity index (χ3v) is 4.77. The molecule has 0 aromatic heterocycles. The van der Waals surface area contributed by atoms with Gasteiger partial charge in [-0.3, -0.25) is 0 Å². The Labute approximate surface area is 111 Å². The van der Waals surface area contributed by atoms with Gasteiger partial charge in [0.1, 0.15) is 0 Å². The molecule has 98 valence electrons. The standard InChI is InChI=1S/C14H18O3S/c1-9-6-7-10(8-11(9)14(16)17)18-13-5-3-2-4-12(13)15/h6-8,12-13,15H,2-5H2,1H3,(H,16,17). The summed E-state index contributed by atoms with van der Waals surface area (Å²) in [5, 5.41) is 19.2. The van der Waals surface area contributed by atoms with Gasteiger partial charge in [0.2, 0.25) is 0 Å². The fraction of sp³-hybridized carbons (Fsp3) is 0.500. The number of benzene rings is 1. The van der Waals surface area contributed by atoms with Crippen molar-refractivity contribution in [1.82, 2.24) is 0 Å². The smallest absolute Gasteiger partial charge is 0.335 e. The summed E-state index contributed by atoms with van der Waals surface area (Å²) < 4.78 is 0. The molecule has 1 aliphatic rings. The maximum atomic E-state index is 11.1. The Morgan fingerprint density at radius 1 is 1.33 bits per heavy atom. The lowest BCUT2D eigenvalue weighted by Gasteiger charge is -2.27. The van der Waals surface area contributed by atoms with Crippen LogP contribution in [0.5, 0.6) is 0 Å². The Hall–Kier alpha value is -1.00. The van der Waals surface area contributed by atoms with Crippen LogP contribution < -0.4 is 0 Å². The Balaban J connectivity index is 2.14. The van der Waals surface area contributed by atoms with Gasteiger partial charge in [0, 0.05) is 10.1 Å². The number of hydrogen-bond acceptors (Lipinski definition) is 3. The van der Waals surface area contributed by atoms with Crippen molar-refractivity contribution in [2.24, 2.45) is 0 Å². The molecule has 1 saturated carbocycles. The number of aliphatic hydroxyl groups excluding tert-OH is 1. The van der Waals surface area contributed by atoms with E-state index >= 15 is 0 Å². The van der Waals surface area contributed by atoms with Crippen molar-refractivity contribution < 1.29 is 15.0 Å². The predicted molar refractivity (Wildman–Crippen MR) is 72.3 cm³/mol.